The molecule has 1 aromatic carbocycles. The predicted octanol–water partition coefficient (Wildman–Crippen LogP) is 7.35. The zero-order valence-electron chi connectivity index (χ0n) is 31.2. The number of aliphatic hydroxyl groups excluding tert-OH is 2. The Kier molecular flexibility index (Phi) is 8.32. The van der Waals surface area contributed by atoms with E-state index in [9.17, 15) is 20.1 Å². The van der Waals surface area contributed by atoms with Gasteiger partial charge in [-0.15, -0.1) is 0 Å². The standard InChI is InChI=1S/C41H60O8/c1-22-12-15-37(3)18-19-39(5)31(30(37)23(22)2)33-34(48-27(21-42)32(49-33)24-10-11-25(43)26(20-24)46-8)35-38(4)16-14-29(44)41(7,36(45)47-9)28(38)13-17-40(35,39)6/h10-11,20,22-23,27-30,32,34-35,42-44H,12-19,21H2,1-9H3/t22-,23+,27-,28-,29+,30+,32-,34-,35-,37-,38+,39-,40-,41-/m1/s1. The minimum atomic E-state index is -1.04. The Balaban J connectivity index is 1.47. The van der Waals surface area contributed by atoms with Gasteiger partial charge in [0.1, 0.15) is 18.0 Å². The Hall–Kier alpha value is -2.29. The van der Waals surface area contributed by atoms with Crippen LogP contribution in [0.2, 0.25) is 0 Å². The number of allylic oxidation sites excluding steroid dienone is 1. The Morgan fingerprint density at radius 1 is 0.959 bits per heavy atom. The lowest BCUT2D eigenvalue weighted by Crippen LogP contribution is -2.70. The topological polar surface area (TPSA) is 115 Å². The van der Waals surface area contributed by atoms with Gasteiger partial charge in [0, 0.05) is 5.92 Å². The molecule has 6 aliphatic rings. The Labute approximate surface area is 292 Å². The Morgan fingerprint density at radius 2 is 1.69 bits per heavy atom. The van der Waals surface area contributed by atoms with Gasteiger partial charge in [-0.1, -0.05) is 47.6 Å². The van der Waals surface area contributed by atoms with E-state index in [4.69, 9.17) is 18.9 Å². The number of benzene rings is 1. The number of phenolic OH excluding ortho intramolecular Hbond substituents is 1. The summed E-state index contributed by atoms with van der Waals surface area (Å²) in [5.41, 5.74) is 0.580. The maximum atomic E-state index is 13.6. The number of carbonyl (C=O) groups is 1. The van der Waals surface area contributed by atoms with Gasteiger partial charge in [0.25, 0.3) is 0 Å². The average molecular weight is 681 g/mol. The van der Waals surface area contributed by atoms with E-state index in [0.717, 1.165) is 43.4 Å². The molecule has 0 unspecified atom stereocenters. The van der Waals surface area contributed by atoms with Crippen LogP contribution in [0.1, 0.15) is 112 Å². The summed E-state index contributed by atoms with van der Waals surface area (Å²) >= 11 is 0. The van der Waals surface area contributed by atoms with Crippen molar-refractivity contribution in [3.8, 4) is 11.5 Å². The zero-order valence-corrected chi connectivity index (χ0v) is 31.2. The van der Waals surface area contributed by atoms with Gasteiger partial charge in [0.15, 0.2) is 17.6 Å². The number of aliphatic hydroxyl groups is 2. The number of phenols is 1. The lowest BCUT2D eigenvalue weighted by Gasteiger charge is -2.73. The van der Waals surface area contributed by atoms with Crippen molar-refractivity contribution in [3.05, 3.63) is 35.1 Å². The molecule has 49 heavy (non-hydrogen) atoms. The third-order valence-electron chi connectivity index (χ3n) is 16.3. The fraction of sp³-hybridized carbons (Fsp3) is 0.780. The van der Waals surface area contributed by atoms with Gasteiger partial charge in [0.05, 0.1) is 32.3 Å². The maximum absolute atomic E-state index is 13.6. The van der Waals surface area contributed by atoms with Crippen LogP contribution in [0.5, 0.6) is 11.5 Å². The van der Waals surface area contributed by atoms with Crippen LogP contribution in [0, 0.1) is 56.7 Å². The van der Waals surface area contributed by atoms with Gasteiger partial charge in [0.2, 0.25) is 0 Å². The fourth-order valence-corrected chi connectivity index (χ4v) is 13.2. The highest BCUT2D eigenvalue weighted by Gasteiger charge is 2.74. The van der Waals surface area contributed by atoms with Crippen LogP contribution in [0.4, 0.5) is 0 Å². The molecule has 7 rings (SSSR count). The molecule has 8 heteroatoms. The summed E-state index contributed by atoms with van der Waals surface area (Å²) in [7, 11) is 2.97. The van der Waals surface area contributed by atoms with E-state index in [1.54, 1.807) is 12.1 Å². The van der Waals surface area contributed by atoms with Crippen molar-refractivity contribution in [2.24, 2.45) is 56.7 Å². The van der Waals surface area contributed by atoms with E-state index < -0.39 is 29.8 Å². The van der Waals surface area contributed by atoms with Gasteiger partial charge >= 0.3 is 5.97 Å². The molecule has 14 atom stereocenters. The summed E-state index contributed by atoms with van der Waals surface area (Å²) in [6.45, 7) is 16.4. The van der Waals surface area contributed by atoms with Crippen LogP contribution < -0.4 is 4.74 Å². The molecule has 8 nitrogen and oxygen atoms in total. The molecule has 0 radical (unpaired) electrons. The van der Waals surface area contributed by atoms with Crippen molar-refractivity contribution < 1.29 is 39.1 Å². The molecule has 1 aromatic rings. The lowest BCUT2D eigenvalue weighted by atomic mass is 9.32. The van der Waals surface area contributed by atoms with E-state index in [0.29, 0.717) is 29.9 Å². The smallest absolute Gasteiger partial charge is 0.314 e. The second kappa shape index (κ2) is 11.6. The zero-order chi connectivity index (χ0) is 35.5. The Bertz CT molecular complexity index is 1520. The minimum absolute atomic E-state index is 0.0241. The summed E-state index contributed by atoms with van der Waals surface area (Å²) in [4.78, 5) is 13.6. The first kappa shape index (κ1) is 35.1. The van der Waals surface area contributed by atoms with Crippen LogP contribution in [-0.4, -0.2) is 60.4 Å². The molecule has 1 heterocycles. The normalized spacial score (nSPS) is 48.9. The molecule has 0 aromatic heterocycles. The van der Waals surface area contributed by atoms with Crippen LogP contribution in [0.15, 0.2) is 29.5 Å². The first-order chi connectivity index (χ1) is 23.1. The quantitative estimate of drug-likeness (QED) is 0.283. The van der Waals surface area contributed by atoms with E-state index in [1.807, 2.05) is 13.0 Å². The highest BCUT2D eigenvalue weighted by molar-refractivity contribution is 5.78. The number of carbonyl (C=O) groups excluding carboxylic acids is 1. The van der Waals surface area contributed by atoms with Crippen molar-refractivity contribution in [2.75, 3.05) is 20.8 Å². The highest BCUT2D eigenvalue weighted by Crippen LogP contribution is 2.77. The Morgan fingerprint density at radius 3 is 2.37 bits per heavy atom. The second-order valence-electron chi connectivity index (χ2n) is 18.2. The third kappa shape index (κ3) is 4.54. The molecular weight excluding hydrogens is 620 g/mol. The SMILES string of the molecule is COC(=O)[C@]1(C)[C@@H]2CC[C@]3(C)[C@H]([C@@H]4O[C@H](CO)[C@@H](c5ccc(O)c(OC)c5)OC4=C4[C@@H]5[C@@H](C)[C@H](C)CC[C@]5(C)CC[C@]43C)[C@@]2(C)CC[C@@H]1O. The van der Waals surface area contributed by atoms with Crippen LogP contribution in [0.3, 0.4) is 0 Å². The summed E-state index contributed by atoms with van der Waals surface area (Å²) in [5.74, 6) is 2.22. The molecule has 3 N–H and O–H groups in total. The summed E-state index contributed by atoms with van der Waals surface area (Å²) in [6, 6.07) is 5.25. The van der Waals surface area contributed by atoms with Gasteiger partial charge in [-0.25, -0.2) is 0 Å². The molecule has 4 saturated carbocycles. The summed E-state index contributed by atoms with van der Waals surface area (Å²) in [5, 5.41) is 32.9. The average Bonchev–Trinajstić information content (AvgIpc) is 3.08. The monoisotopic (exact) mass is 680 g/mol. The fourth-order valence-electron chi connectivity index (χ4n) is 13.2. The van der Waals surface area contributed by atoms with Crippen molar-refractivity contribution in [1.82, 2.24) is 0 Å². The van der Waals surface area contributed by atoms with E-state index in [-0.39, 0.29) is 51.8 Å². The number of methoxy groups -OCH3 is 2. The number of hydrogen-bond acceptors (Lipinski definition) is 8. The first-order valence-corrected chi connectivity index (χ1v) is 18.9. The summed E-state index contributed by atoms with van der Waals surface area (Å²) < 4.78 is 25.6. The number of ether oxygens (including phenoxy) is 4. The molecule has 0 amide bonds. The predicted molar refractivity (Wildman–Crippen MR) is 186 cm³/mol. The van der Waals surface area contributed by atoms with Gasteiger partial charge in [-0.3, -0.25) is 4.79 Å². The number of aromatic hydroxyl groups is 1. The number of rotatable bonds is 4. The molecule has 5 aliphatic carbocycles. The molecule has 0 spiro atoms. The second-order valence-corrected chi connectivity index (χ2v) is 18.2. The van der Waals surface area contributed by atoms with E-state index >= 15 is 0 Å². The maximum Gasteiger partial charge on any atom is 0.314 e. The molecular formula is C41H60O8. The van der Waals surface area contributed by atoms with Crippen LogP contribution in [0.25, 0.3) is 0 Å². The number of fused-ring (bicyclic) bond motifs is 9. The molecule has 1 saturated heterocycles. The van der Waals surface area contributed by atoms with Crippen molar-refractivity contribution >= 4 is 5.97 Å². The molecule has 272 valence electrons. The highest BCUT2D eigenvalue weighted by atomic mass is 16.6. The third-order valence-corrected chi connectivity index (χ3v) is 16.3. The minimum Gasteiger partial charge on any atom is -0.504 e. The van der Waals surface area contributed by atoms with Crippen LogP contribution >= 0.6 is 0 Å². The van der Waals surface area contributed by atoms with Gasteiger partial charge in [-0.2, -0.15) is 0 Å². The van der Waals surface area contributed by atoms with Crippen molar-refractivity contribution in [1.29, 1.82) is 0 Å². The van der Waals surface area contributed by atoms with Crippen LogP contribution in [-0.2, 0) is 19.0 Å². The lowest BCUT2D eigenvalue weighted by molar-refractivity contribution is -0.276. The first-order valence-electron chi connectivity index (χ1n) is 18.9. The van der Waals surface area contributed by atoms with E-state index in [1.165, 1.54) is 32.6 Å². The summed E-state index contributed by atoms with van der Waals surface area (Å²) in [6.07, 6.45) is 5.18. The molecule has 0 bridgehead atoms. The largest absolute Gasteiger partial charge is 0.504 e. The number of esters is 1. The molecule has 1 aliphatic heterocycles. The van der Waals surface area contributed by atoms with Gasteiger partial charge in [-0.05, 0) is 127 Å². The number of hydrogen-bond donors (Lipinski definition) is 3. The molecule has 5 fully saturated rings. The van der Waals surface area contributed by atoms with Gasteiger partial charge < -0.3 is 34.3 Å². The van der Waals surface area contributed by atoms with Crippen molar-refractivity contribution in [2.45, 2.75) is 124 Å². The van der Waals surface area contributed by atoms with E-state index in [2.05, 4.69) is 41.5 Å². The van der Waals surface area contributed by atoms with Crippen molar-refractivity contribution in [3.63, 3.8) is 0 Å².